The van der Waals surface area contributed by atoms with Gasteiger partial charge < -0.3 is 50.1 Å². The second-order valence-corrected chi connectivity index (χ2v) is 32.3. The number of rotatable bonds is 19. The van der Waals surface area contributed by atoms with E-state index in [4.69, 9.17) is 33.2 Å². The molecule has 44 nitrogen and oxygen atoms in total. The summed E-state index contributed by atoms with van der Waals surface area (Å²) in [7, 11) is -32.4. The summed E-state index contributed by atoms with van der Waals surface area (Å²) in [6.45, 7) is 0. The van der Waals surface area contributed by atoms with E-state index in [1.165, 1.54) is 66.7 Å². The van der Waals surface area contributed by atoms with Gasteiger partial charge in [-0.1, -0.05) is 84.9 Å². The molecular weight excluding hydrogens is 1830 g/mol. The monoisotopic (exact) mass is 1880 g/mol. The first-order valence-corrected chi connectivity index (χ1v) is 42.0. The first-order valence-electron chi connectivity index (χ1n) is 32.5. The van der Waals surface area contributed by atoms with Crippen molar-refractivity contribution in [2.24, 2.45) is 51.1 Å². The van der Waals surface area contributed by atoms with Crippen LogP contribution >= 0.6 is 0 Å². The standard InChI is InChI=1S/C22H16N6O9S2.C16H12N4O6S.C16H13N3O7S2.C16H12N2O4S.4Na.O3S/c23-19-18-12(11-17(39(35,36)37)21(22(18)29)27-24-13-4-2-1-3-5-13)10-16(38(32,33)34)20(19)26-25-14-6-8-15(9-7-14)28(30)31;21-15-13(18-17-10-4-2-1-3-5-10)14(16(22)23)19-20(15)11-6-8-12(9-7-11)27(24,25)26;17-12-8-11(27(21,22)23)6-9-7-13(28(24,25)26)15(16(20)14(9)12)19-18-10-4-2-1-3-5-10;19-15-10-5-11-3-1-2-4-14(11)16(15)18-17-12-6-8-13(9-7-12)23(20,21)22;;;;;1-4(2)3/h1-11,29H,23H2,(H,32,33,34)(H,35,36,37);1-9,19H,(H,22,23)(H,24,25,26);1-8,20H,17H2,(H,21,22,23)(H,24,25,26);1-10,19H,(H,20,21,22);;;;;/q;;;;4*+1;/p-4. The molecule has 13 rings (SSSR count). The number of aromatic amines is 1. The number of aromatic carboxylic acids is 1. The molecule has 0 radical (unpaired) electrons. The van der Waals surface area contributed by atoms with E-state index in [-0.39, 0.29) is 173 Å². The van der Waals surface area contributed by atoms with Crippen molar-refractivity contribution in [2.45, 2.75) is 29.4 Å². The second-order valence-electron chi connectivity index (χ2n) is 23.7. The van der Waals surface area contributed by atoms with Gasteiger partial charge in [0.15, 0.2) is 22.9 Å². The number of hydrogen-bond donors (Lipinski definition) is 9. The zero-order chi connectivity index (χ0) is 88.9. The van der Waals surface area contributed by atoms with Gasteiger partial charge in [-0.05, 0) is 150 Å². The molecule has 0 saturated carbocycles. The second kappa shape index (κ2) is 44.5. The molecule has 0 spiro atoms. The van der Waals surface area contributed by atoms with Crippen LogP contribution in [-0.4, -0.2) is 132 Å². The van der Waals surface area contributed by atoms with Crippen LogP contribution in [0.5, 0.6) is 17.2 Å². The number of azo groups is 5. The number of aromatic hydroxyl groups is 3. The maximum atomic E-state index is 12.5. The number of nitro benzene ring substituents is 1. The molecule has 624 valence electrons. The van der Waals surface area contributed by atoms with E-state index in [1.807, 2.05) is 24.3 Å². The molecule has 1 heterocycles. The topological polar surface area (TPSA) is 743 Å². The Kier molecular flexibility index (Phi) is 37.4. The van der Waals surface area contributed by atoms with Crippen LogP contribution in [-0.2, 0) is 71.3 Å². The van der Waals surface area contributed by atoms with Crippen molar-refractivity contribution >= 4 is 184 Å². The minimum Gasteiger partial charge on any atom is -0.744 e. The Morgan fingerprint density at radius 1 is 0.408 bits per heavy atom. The third-order valence-electron chi connectivity index (χ3n) is 15.7. The number of hydrogen-bond acceptors (Lipinski definition) is 38. The molecule has 0 aliphatic carbocycles. The first kappa shape index (κ1) is 105. The van der Waals surface area contributed by atoms with Crippen molar-refractivity contribution in [3.8, 4) is 22.9 Å². The van der Waals surface area contributed by atoms with Gasteiger partial charge in [-0.3, -0.25) is 29.1 Å². The molecule has 0 atom stereocenters. The first-order chi connectivity index (χ1) is 56.7. The van der Waals surface area contributed by atoms with Gasteiger partial charge in [0.05, 0.1) is 79.5 Å². The van der Waals surface area contributed by atoms with Gasteiger partial charge in [0.1, 0.15) is 69.0 Å². The Bertz CT molecular complexity index is 7350. The molecular formula is C70H49N15Na4O29S7. The van der Waals surface area contributed by atoms with Crippen LogP contribution in [0.4, 0.5) is 73.9 Å². The fraction of sp³-hybridized carbons (Fsp3) is 0. The van der Waals surface area contributed by atoms with E-state index in [9.17, 15) is 109 Å². The summed E-state index contributed by atoms with van der Waals surface area (Å²) in [5.41, 5.74) is 8.66. The van der Waals surface area contributed by atoms with Crippen LogP contribution in [0.25, 0.3) is 38.0 Å². The molecule has 0 fully saturated rings. The smallest absolute Gasteiger partial charge is 0.744 e. The normalized spacial score (nSPS) is 11.7. The largest absolute Gasteiger partial charge is 1.00 e. The van der Waals surface area contributed by atoms with E-state index in [0.717, 1.165) is 57.9 Å². The number of anilines is 2. The number of aromatic nitrogens is 2. The molecule has 1 aromatic heterocycles. The van der Waals surface area contributed by atoms with Crippen molar-refractivity contribution in [1.29, 1.82) is 0 Å². The Morgan fingerprint density at radius 3 is 1.16 bits per heavy atom. The number of fused-ring (bicyclic) bond motifs is 3. The third kappa shape index (κ3) is 27.9. The summed E-state index contributed by atoms with van der Waals surface area (Å²) in [5, 5.41) is 92.4. The van der Waals surface area contributed by atoms with Gasteiger partial charge in [-0.15, -0.1) is 38.2 Å². The maximum Gasteiger partial charge on any atom is 1.00 e. The van der Waals surface area contributed by atoms with Crippen molar-refractivity contribution in [2.75, 3.05) is 11.5 Å². The number of nitrogens with one attached hydrogen (secondary N) is 1. The van der Waals surface area contributed by atoms with Crippen LogP contribution in [0.1, 0.15) is 10.5 Å². The van der Waals surface area contributed by atoms with Crippen LogP contribution < -0.4 is 135 Å². The molecule has 55 heteroatoms. The third-order valence-corrected chi connectivity index (χ3v) is 20.8. The summed E-state index contributed by atoms with van der Waals surface area (Å²) in [4.78, 5) is 29.8. The molecule has 0 saturated heterocycles. The van der Waals surface area contributed by atoms with E-state index in [2.05, 4.69) is 56.2 Å². The number of carboxylic acid groups (broad SMARTS) is 1. The Hall–Kier alpha value is -10.6. The fourth-order valence-corrected chi connectivity index (χ4v) is 13.8. The summed E-state index contributed by atoms with van der Waals surface area (Å²) < 4.78 is 229. The number of H-pyrrole nitrogens is 1. The summed E-state index contributed by atoms with van der Waals surface area (Å²) >= 11 is 0. The van der Waals surface area contributed by atoms with Gasteiger partial charge in [-0.2, -0.15) is 42.4 Å². The van der Waals surface area contributed by atoms with Crippen LogP contribution in [0.15, 0.2) is 316 Å². The van der Waals surface area contributed by atoms with Gasteiger partial charge in [0.25, 0.3) is 31.5 Å². The number of nitrogens with two attached hydrogens (primary N) is 2. The molecule has 125 heavy (non-hydrogen) atoms. The number of phenols is 3. The molecule has 11 N–H and O–H groups in total. The van der Waals surface area contributed by atoms with Crippen molar-refractivity contribution in [3.63, 3.8) is 0 Å². The van der Waals surface area contributed by atoms with Crippen LogP contribution in [0.2, 0.25) is 0 Å². The fourth-order valence-electron chi connectivity index (χ4n) is 10.3. The number of non-ortho nitro benzene ring substituents is 1. The number of nitrogens with zero attached hydrogens (tertiary/aromatic N) is 12. The SMILES string of the molecule is Nc1c(N=Nc2ccc([N+](=O)[O-])cc2)c(S(=O)(=O)[O-])cc2cc(S(=O)(=O)[O-])c(N=Nc3ccccc3)c(O)c12.Nc1cc(S(=O)(=O)[O-])cc2cc(S(=O)(=O)[O-])c(N=Nc3ccccc3)c(O)c12.O=C(O)c1[nH]n(-c2ccc(S(=O)(=O)O)cc2)c(=O)c1N=Nc1ccccc1.O=S(=O)(O)c1ccc(N=Nc2c(O)ccc3ccccc23)cc1.O=S(=O)=O.[Na+].[Na+].[Na+].[Na+]. The number of nitrogen functional groups attached to an aromatic ring is 2. The predicted octanol–water partition coefficient (Wildman–Crippen LogP) is 0.771. The Balaban J connectivity index is 0.000000293. The van der Waals surface area contributed by atoms with Crippen molar-refractivity contribution in [1.82, 2.24) is 9.78 Å². The molecule has 0 bridgehead atoms. The number of phenolic OH excluding ortho intramolecular Hbond substituents is 3. The number of benzene rings is 12. The predicted molar refractivity (Wildman–Crippen MR) is 420 cm³/mol. The average Bonchev–Trinajstić information content (AvgIpc) is 1.20. The van der Waals surface area contributed by atoms with Gasteiger partial charge in [-0.25, -0.2) is 43.1 Å². The maximum absolute atomic E-state index is 12.5. The van der Waals surface area contributed by atoms with Gasteiger partial charge in [0, 0.05) is 28.6 Å². The molecule has 0 aliphatic rings. The minimum atomic E-state index is -5.31. The van der Waals surface area contributed by atoms with E-state index >= 15 is 0 Å². The summed E-state index contributed by atoms with van der Waals surface area (Å²) in [6.07, 6.45) is 0. The minimum absolute atomic E-state index is 0. The van der Waals surface area contributed by atoms with Crippen molar-refractivity contribution < 1.29 is 239 Å². The molecule has 0 amide bonds. The van der Waals surface area contributed by atoms with E-state index in [0.29, 0.717) is 34.9 Å². The molecule has 12 aromatic carbocycles. The number of carbonyl (C=O) groups is 1. The Morgan fingerprint density at radius 2 is 0.760 bits per heavy atom. The molecule has 0 unspecified atom stereocenters. The van der Waals surface area contributed by atoms with Gasteiger partial charge >= 0.3 is 135 Å². The zero-order valence-corrected chi connectivity index (χ0v) is 77.6. The zero-order valence-electron chi connectivity index (χ0n) is 63.9. The number of carboxylic acids is 1. The van der Waals surface area contributed by atoms with Gasteiger partial charge in [0.2, 0.25) is 0 Å². The quantitative estimate of drug-likeness (QED) is 0.0135. The molecule has 13 aromatic rings. The van der Waals surface area contributed by atoms with E-state index < -0.39 is 164 Å². The average molecular weight is 1880 g/mol. The van der Waals surface area contributed by atoms with Crippen molar-refractivity contribution in [3.05, 3.63) is 257 Å². The Labute approximate surface area is 794 Å². The number of nitro groups is 1. The van der Waals surface area contributed by atoms with Crippen LogP contribution in [0.3, 0.4) is 0 Å². The van der Waals surface area contributed by atoms with Crippen LogP contribution in [0, 0.1) is 10.1 Å². The van der Waals surface area contributed by atoms with E-state index in [1.54, 1.807) is 84.9 Å². The molecule has 0 aliphatic heterocycles. The summed E-state index contributed by atoms with van der Waals surface area (Å²) in [6, 6.07) is 53.4. The summed E-state index contributed by atoms with van der Waals surface area (Å²) in [5.74, 6) is -3.16.